The van der Waals surface area contributed by atoms with Gasteiger partial charge in [0.05, 0.1) is 11.0 Å². The summed E-state index contributed by atoms with van der Waals surface area (Å²) >= 11 is 0. The zero-order valence-electron chi connectivity index (χ0n) is 27.1. The molecule has 0 saturated heterocycles. The van der Waals surface area contributed by atoms with Crippen molar-refractivity contribution in [1.82, 2.24) is 4.57 Å². The summed E-state index contributed by atoms with van der Waals surface area (Å²) in [6.07, 6.45) is 6.28. The Morgan fingerprint density at radius 3 is 1.81 bits per heavy atom. The molecule has 1 fully saturated rings. The van der Waals surface area contributed by atoms with Crippen LogP contribution < -0.4 is 4.90 Å². The number of hydrogen-bond donors (Lipinski definition) is 0. The zero-order valence-corrected chi connectivity index (χ0v) is 27.1. The SMILES string of the molecule is c1ccc(N(c2ccc(C3(c4ccccc4)CCCCC3)cc2)c2ccc3c4ccccc4n(-c4ccc5ccccc5c4)c3c2)cc1. The lowest BCUT2D eigenvalue weighted by Crippen LogP contribution is -2.30. The summed E-state index contributed by atoms with van der Waals surface area (Å²) in [7, 11) is 0. The molecule has 2 nitrogen and oxygen atoms in total. The van der Waals surface area contributed by atoms with Crippen LogP contribution in [-0.4, -0.2) is 4.57 Å². The first-order valence-corrected chi connectivity index (χ1v) is 17.3. The Balaban J connectivity index is 1.20. The Morgan fingerprint density at radius 2 is 1.02 bits per heavy atom. The number of rotatable bonds is 6. The second-order valence-electron chi connectivity index (χ2n) is 13.3. The monoisotopic (exact) mass is 618 g/mol. The van der Waals surface area contributed by atoms with E-state index in [1.807, 2.05) is 0 Å². The van der Waals surface area contributed by atoms with Crippen molar-refractivity contribution in [3.05, 3.63) is 181 Å². The Hall–Kier alpha value is -5.60. The predicted octanol–water partition coefficient (Wildman–Crippen LogP) is 12.7. The van der Waals surface area contributed by atoms with E-state index in [4.69, 9.17) is 0 Å². The van der Waals surface area contributed by atoms with E-state index in [1.54, 1.807) is 0 Å². The van der Waals surface area contributed by atoms with Crippen LogP contribution in [0.2, 0.25) is 0 Å². The molecule has 1 aromatic heterocycles. The Morgan fingerprint density at radius 1 is 0.417 bits per heavy atom. The highest BCUT2D eigenvalue weighted by Crippen LogP contribution is 2.46. The molecule has 1 heterocycles. The van der Waals surface area contributed by atoms with E-state index in [1.165, 1.54) is 81.5 Å². The van der Waals surface area contributed by atoms with Crippen LogP contribution >= 0.6 is 0 Å². The van der Waals surface area contributed by atoms with Gasteiger partial charge in [-0.25, -0.2) is 0 Å². The van der Waals surface area contributed by atoms with Gasteiger partial charge in [-0.05, 0) is 89.3 Å². The molecule has 0 bridgehead atoms. The van der Waals surface area contributed by atoms with E-state index in [-0.39, 0.29) is 5.41 Å². The van der Waals surface area contributed by atoms with Gasteiger partial charge in [-0.3, -0.25) is 0 Å². The quantitative estimate of drug-likeness (QED) is 0.180. The maximum atomic E-state index is 2.43. The molecule has 0 N–H and O–H groups in total. The predicted molar refractivity (Wildman–Crippen MR) is 203 cm³/mol. The first kappa shape index (κ1) is 28.6. The molecule has 7 aromatic carbocycles. The van der Waals surface area contributed by atoms with Gasteiger partial charge in [0, 0.05) is 38.9 Å². The topological polar surface area (TPSA) is 8.17 Å². The number of fused-ring (bicyclic) bond motifs is 4. The van der Waals surface area contributed by atoms with Crippen LogP contribution in [0, 0.1) is 0 Å². The molecule has 0 spiro atoms. The molecule has 0 atom stereocenters. The van der Waals surface area contributed by atoms with Crippen LogP contribution in [0.25, 0.3) is 38.3 Å². The van der Waals surface area contributed by atoms with E-state index in [0.717, 1.165) is 17.1 Å². The minimum absolute atomic E-state index is 0.0787. The smallest absolute Gasteiger partial charge is 0.0561 e. The molecule has 232 valence electrons. The largest absolute Gasteiger partial charge is 0.310 e. The van der Waals surface area contributed by atoms with Crippen molar-refractivity contribution >= 4 is 49.6 Å². The maximum absolute atomic E-state index is 2.43. The highest BCUT2D eigenvalue weighted by Gasteiger charge is 2.35. The fourth-order valence-electron chi connectivity index (χ4n) is 8.30. The van der Waals surface area contributed by atoms with Crippen molar-refractivity contribution in [2.24, 2.45) is 0 Å². The van der Waals surface area contributed by atoms with E-state index in [2.05, 4.69) is 179 Å². The molecule has 0 aliphatic heterocycles. The highest BCUT2D eigenvalue weighted by atomic mass is 15.1. The maximum Gasteiger partial charge on any atom is 0.0561 e. The van der Waals surface area contributed by atoms with Crippen molar-refractivity contribution in [3.63, 3.8) is 0 Å². The number of hydrogen-bond acceptors (Lipinski definition) is 1. The highest BCUT2D eigenvalue weighted by molar-refractivity contribution is 6.10. The molecular weight excluding hydrogens is 581 g/mol. The lowest BCUT2D eigenvalue weighted by Gasteiger charge is -2.39. The van der Waals surface area contributed by atoms with Gasteiger partial charge in [-0.2, -0.15) is 0 Å². The van der Waals surface area contributed by atoms with Crippen LogP contribution in [0.3, 0.4) is 0 Å². The second kappa shape index (κ2) is 11.9. The summed E-state index contributed by atoms with van der Waals surface area (Å²) in [5, 5.41) is 5.02. The van der Waals surface area contributed by atoms with Crippen molar-refractivity contribution < 1.29 is 0 Å². The van der Waals surface area contributed by atoms with E-state index in [0.29, 0.717) is 0 Å². The van der Waals surface area contributed by atoms with Crippen molar-refractivity contribution in [2.75, 3.05) is 4.90 Å². The van der Waals surface area contributed by atoms with Crippen molar-refractivity contribution in [3.8, 4) is 5.69 Å². The van der Waals surface area contributed by atoms with Gasteiger partial charge in [-0.15, -0.1) is 0 Å². The molecule has 48 heavy (non-hydrogen) atoms. The van der Waals surface area contributed by atoms with Crippen LogP contribution in [0.15, 0.2) is 170 Å². The molecular formula is C46H38N2. The van der Waals surface area contributed by atoms with Gasteiger partial charge >= 0.3 is 0 Å². The van der Waals surface area contributed by atoms with Crippen molar-refractivity contribution in [2.45, 2.75) is 37.5 Å². The summed E-state index contributed by atoms with van der Waals surface area (Å²) in [6, 6.07) is 62.6. The number of benzene rings is 7. The number of nitrogens with zero attached hydrogens (tertiary/aromatic N) is 2. The van der Waals surface area contributed by atoms with Crippen LogP contribution in [0.4, 0.5) is 17.1 Å². The third-order valence-electron chi connectivity index (χ3n) is 10.6. The lowest BCUT2D eigenvalue weighted by atomic mass is 9.65. The minimum Gasteiger partial charge on any atom is -0.310 e. The fraction of sp³-hybridized carbons (Fsp3) is 0.130. The normalized spacial score (nSPS) is 14.4. The van der Waals surface area contributed by atoms with Gasteiger partial charge in [0.25, 0.3) is 0 Å². The van der Waals surface area contributed by atoms with Crippen molar-refractivity contribution in [1.29, 1.82) is 0 Å². The second-order valence-corrected chi connectivity index (χ2v) is 13.3. The Bertz CT molecular complexity index is 2360. The summed E-state index contributed by atoms with van der Waals surface area (Å²) in [6.45, 7) is 0. The van der Waals surface area contributed by atoms with Gasteiger partial charge < -0.3 is 9.47 Å². The number of aromatic nitrogens is 1. The third-order valence-corrected chi connectivity index (χ3v) is 10.6. The van der Waals surface area contributed by atoms with E-state index < -0.39 is 0 Å². The molecule has 9 rings (SSSR count). The number of para-hydroxylation sites is 2. The minimum atomic E-state index is 0.0787. The van der Waals surface area contributed by atoms with Crippen LogP contribution in [0.5, 0.6) is 0 Å². The standard InChI is InChI=1S/C46H38N2/c1-4-16-36(17-5-1)46(30-12-3-13-31-46)37-23-26-39(27-24-37)47(38-18-6-2-7-19-38)41-28-29-43-42-20-10-11-21-44(42)48(45(43)33-41)40-25-22-34-14-8-9-15-35(34)32-40/h1-2,4-11,14-29,32-33H,3,12-13,30-31H2. The number of anilines is 3. The summed E-state index contributed by atoms with van der Waals surface area (Å²) in [4.78, 5) is 2.40. The van der Waals surface area contributed by atoms with E-state index in [9.17, 15) is 0 Å². The third kappa shape index (κ3) is 4.79. The van der Waals surface area contributed by atoms with Gasteiger partial charge in [0.1, 0.15) is 0 Å². The van der Waals surface area contributed by atoms with Gasteiger partial charge in [-0.1, -0.05) is 135 Å². The molecule has 0 radical (unpaired) electrons. The molecule has 8 aromatic rings. The zero-order chi connectivity index (χ0) is 31.9. The Labute approximate surface area is 282 Å². The fourth-order valence-corrected chi connectivity index (χ4v) is 8.30. The van der Waals surface area contributed by atoms with Crippen LogP contribution in [-0.2, 0) is 5.41 Å². The summed E-state index contributed by atoms with van der Waals surface area (Å²) in [5.41, 5.74) is 10.00. The first-order chi connectivity index (χ1) is 23.8. The average Bonchev–Trinajstić information content (AvgIpc) is 3.50. The first-order valence-electron chi connectivity index (χ1n) is 17.3. The Kier molecular flexibility index (Phi) is 7.08. The molecule has 1 aliphatic carbocycles. The van der Waals surface area contributed by atoms with Gasteiger partial charge in [0.15, 0.2) is 0 Å². The lowest BCUT2D eigenvalue weighted by molar-refractivity contribution is 0.346. The molecule has 2 heteroatoms. The van der Waals surface area contributed by atoms with E-state index >= 15 is 0 Å². The van der Waals surface area contributed by atoms with Crippen LogP contribution in [0.1, 0.15) is 43.2 Å². The molecule has 0 unspecified atom stereocenters. The average molecular weight is 619 g/mol. The molecule has 1 aliphatic rings. The summed E-state index contributed by atoms with van der Waals surface area (Å²) < 4.78 is 2.43. The summed E-state index contributed by atoms with van der Waals surface area (Å²) in [5.74, 6) is 0. The molecule has 1 saturated carbocycles. The molecule has 0 amide bonds. The van der Waals surface area contributed by atoms with Gasteiger partial charge in [0.2, 0.25) is 0 Å².